The van der Waals surface area contributed by atoms with E-state index >= 15 is 0 Å². The smallest absolute Gasteiger partial charge is 0.262 e. The van der Waals surface area contributed by atoms with Gasteiger partial charge in [0.25, 0.3) is 10.0 Å². The molecule has 0 unspecified atom stereocenters. The quantitative estimate of drug-likeness (QED) is 0.873. The molecule has 0 amide bonds. The molecule has 0 atom stereocenters. The van der Waals surface area contributed by atoms with Gasteiger partial charge in [-0.25, -0.2) is 18.4 Å². The van der Waals surface area contributed by atoms with Gasteiger partial charge in [0.15, 0.2) is 11.0 Å². The third-order valence-electron chi connectivity index (χ3n) is 2.62. The molecular formula is C12H11Cl2N3O2S. The zero-order valence-electron chi connectivity index (χ0n) is 10.5. The summed E-state index contributed by atoms with van der Waals surface area (Å²) < 4.78 is 26.7. The van der Waals surface area contributed by atoms with Crippen LogP contribution < -0.4 is 4.72 Å². The van der Waals surface area contributed by atoms with Crippen LogP contribution in [0.5, 0.6) is 0 Å². The van der Waals surface area contributed by atoms with Crippen molar-refractivity contribution in [2.45, 2.75) is 18.2 Å². The lowest BCUT2D eigenvalue weighted by atomic mass is 10.2. The van der Waals surface area contributed by atoms with Gasteiger partial charge >= 0.3 is 0 Å². The van der Waals surface area contributed by atoms with Gasteiger partial charge in [-0.05, 0) is 24.1 Å². The second kappa shape index (κ2) is 5.95. The van der Waals surface area contributed by atoms with Crippen molar-refractivity contribution in [3.05, 3.63) is 46.3 Å². The van der Waals surface area contributed by atoms with E-state index in [-0.39, 0.29) is 20.9 Å². The van der Waals surface area contributed by atoms with Gasteiger partial charge in [-0.2, -0.15) is 0 Å². The number of sulfonamides is 1. The van der Waals surface area contributed by atoms with Crippen molar-refractivity contribution in [2.24, 2.45) is 0 Å². The molecule has 5 nitrogen and oxygen atoms in total. The Morgan fingerprint density at radius 2 is 1.80 bits per heavy atom. The van der Waals surface area contributed by atoms with Crippen LogP contribution >= 0.6 is 23.2 Å². The van der Waals surface area contributed by atoms with E-state index in [1.165, 1.54) is 12.1 Å². The Hall–Kier alpha value is -1.37. The number of anilines is 1. The average molecular weight is 332 g/mol. The van der Waals surface area contributed by atoms with E-state index in [9.17, 15) is 8.42 Å². The molecule has 0 bridgehead atoms. The van der Waals surface area contributed by atoms with E-state index in [1.807, 2.05) is 6.92 Å². The van der Waals surface area contributed by atoms with E-state index in [2.05, 4.69) is 14.7 Å². The number of hydrogen-bond donors (Lipinski definition) is 1. The Balaban J connectivity index is 2.33. The second-order valence-electron chi connectivity index (χ2n) is 3.93. The summed E-state index contributed by atoms with van der Waals surface area (Å²) in [5.74, 6) is -0.0498. The fraction of sp³-hybridized carbons (Fsp3) is 0.167. The molecule has 0 saturated carbocycles. The van der Waals surface area contributed by atoms with Crippen LogP contribution in [0.25, 0.3) is 0 Å². The molecule has 0 radical (unpaired) electrons. The Labute approximate surface area is 127 Å². The summed E-state index contributed by atoms with van der Waals surface area (Å²) in [6.07, 6.45) is 1.97. The normalized spacial score (nSPS) is 11.3. The zero-order chi connectivity index (χ0) is 14.8. The zero-order valence-corrected chi connectivity index (χ0v) is 12.8. The van der Waals surface area contributed by atoms with E-state index < -0.39 is 10.0 Å². The highest BCUT2D eigenvalue weighted by Gasteiger charge is 2.17. The topological polar surface area (TPSA) is 72.0 Å². The monoisotopic (exact) mass is 331 g/mol. The number of aryl methyl sites for hydroxylation is 1. The van der Waals surface area contributed by atoms with Crippen LogP contribution in [0.4, 0.5) is 5.82 Å². The second-order valence-corrected chi connectivity index (χ2v) is 6.35. The van der Waals surface area contributed by atoms with Crippen molar-refractivity contribution in [3.63, 3.8) is 0 Å². The Morgan fingerprint density at radius 1 is 1.15 bits per heavy atom. The summed E-state index contributed by atoms with van der Waals surface area (Å²) in [5.41, 5.74) is 1.05. The highest BCUT2D eigenvalue weighted by molar-refractivity contribution is 7.92. The van der Waals surface area contributed by atoms with Gasteiger partial charge < -0.3 is 0 Å². The highest BCUT2D eigenvalue weighted by Crippen LogP contribution is 2.27. The molecule has 2 aromatic rings. The summed E-state index contributed by atoms with van der Waals surface area (Å²) in [6, 6.07) is 6.56. The number of aromatic nitrogens is 2. The van der Waals surface area contributed by atoms with E-state index in [0.29, 0.717) is 0 Å². The molecular weight excluding hydrogens is 321 g/mol. The number of hydrogen-bond acceptors (Lipinski definition) is 4. The van der Waals surface area contributed by atoms with Gasteiger partial charge in [0.05, 0.1) is 4.90 Å². The molecule has 2 rings (SSSR count). The van der Waals surface area contributed by atoms with Crippen LogP contribution in [-0.4, -0.2) is 18.4 Å². The van der Waals surface area contributed by atoms with Crippen LogP contribution in [0.15, 0.2) is 35.5 Å². The molecule has 1 aromatic carbocycles. The minimum absolute atomic E-state index is 0.0132. The van der Waals surface area contributed by atoms with Crippen molar-refractivity contribution >= 4 is 39.0 Å². The third kappa shape index (κ3) is 3.20. The maximum Gasteiger partial charge on any atom is 0.263 e. The molecule has 0 aliphatic carbocycles. The van der Waals surface area contributed by atoms with Gasteiger partial charge in [-0.1, -0.05) is 42.3 Å². The van der Waals surface area contributed by atoms with E-state index in [1.54, 1.807) is 12.1 Å². The molecule has 1 N–H and O–H groups in total. The lowest BCUT2D eigenvalue weighted by Gasteiger charge is -2.09. The maximum atomic E-state index is 12.2. The van der Waals surface area contributed by atoms with Crippen LogP contribution in [-0.2, 0) is 16.4 Å². The predicted molar refractivity (Wildman–Crippen MR) is 78.7 cm³/mol. The molecule has 8 heteroatoms. The number of rotatable bonds is 4. The summed E-state index contributed by atoms with van der Waals surface area (Å²) in [7, 11) is -3.76. The lowest BCUT2D eigenvalue weighted by molar-refractivity contribution is 0.601. The number of nitrogens with zero attached hydrogens (tertiary/aromatic N) is 2. The van der Waals surface area contributed by atoms with E-state index in [4.69, 9.17) is 23.2 Å². The fourth-order valence-electron chi connectivity index (χ4n) is 1.51. The summed E-state index contributed by atoms with van der Waals surface area (Å²) in [4.78, 5) is 7.54. The van der Waals surface area contributed by atoms with Crippen molar-refractivity contribution in [1.82, 2.24) is 9.97 Å². The van der Waals surface area contributed by atoms with Crippen LogP contribution in [0.2, 0.25) is 10.2 Å². The molecule has 1 heterocycles. The standard InChI is InChI=1S/C12H11Cl2N3O2S/c1-2-8-3-5-9(6-4-8)20(18,19)17-12-10(13)11(14)15-7-16-12/h3-7H,2H2,1H3,(H,15,16,17). The molecule has 0 saturated heterocycles. The fourth-order valence-corrected chi connectivity index (χ4v) is 2.87. The SMILES string of the molecule is CCc1ccc(S(=O)(=O)Nc2ncnc(Cl)c2Cl)cc1. The Bertz CT molecular complexity index is 718. The molecule has 0 fully saturated rings. The number of nitrogens with one attached hydrogen (secondary N) is 1. The number of halogens is 2. The summed E-state index contributed by atoms with van der Waals surface area (Å²) in [6.45, 7) is 1.99. The Morgan fingerprint density at radius 3 is 2.40 bits per heavy atom. The number of benzene rings is 1. The van der Waals surface area contributed by atoms with Gasteiger partial charge in [0.1, 0.15) is 11.3 Å². The van der Waals surface area contributed by atoms with Crippen LogP contribution in [0, 0.1) is 0 Å². The van der Waals surface area contributed by atoms with Crippen molar-refractivity contribution in [1.29, 1.82) is 0 Å². The maximum absolute atomic E-state index is 12.2. The molecule has 20 heavy (non-hydrogen) atoms. The Kier molecular flexibility index (Phi) is 4.47. The van der Waals surface area contributed by atoms with Gasteiger partial charge in [0, 0.05) is 0 Å². The molecule has 0 aliphatic rings. The first-order valence-corrected chi connectivity index (χ1v) is 7.95. The molecule has 0 spiro atoms. The van der Waals surface area contributed by atoms with Gasteiger partial charge in [-0.3, -0.25) is 4.72 Å². The van der Waals surface area contributed by atoms with E-state index in [0.717, 1.165) is 18.3 Å². The molecule has 0 aliphatic heterocycles. The lowest BCUT2D eigenvalue weighted by Crippen LogP contribution is -2.14. The summed E-state index contributed by atoms with van der Waals surface area (Å²) >= 11 is 11.6. The molecule has 1 aromatic heterocycles. The first kappa shape index (κ1) is 15.0. The predicted octanol–water partition coefficient (Wildman–Crippen LogP) is 3.15. The first-order chi connectivity index (χ1) is 9.44. The highest BCUT2D eigenvalue weighted by atomic mass is 35.5. The molecule has 106 valence electrons. The minimum atomic E-state index is -3.76. The van der Waals surface area contributed by atoms with Crippen LogP contribution in [0.1, 0.15) is 12.5 Å². The first-order valence-electron chi connectivity index (χ1n) is 5.72. The van der Waals surface area contributed by atoms with Crippen LogP contribution in [0.3, 0.4) is 0 Å². The van der Waals surface area contributed by atoms with Gasteiger partial charge in [-0.15, -0.1) is 0 Å². The van der Waals surface area contributed by atoms with Crippen molar-refractivity contribution in [3.8, 4) is 0 Å². The largest absolute Gasteiger partial charge is 0.263 e. The third-order valence-corrected chi connectivity index (χ3v) is 4.72. The average Bonchev–Trinajstić information content (AvgIpc) is 2.44. The van der Waals surface area contributed by atoms with Crippen molar-refractivity contribution < 1.29 is 8.42 Å². The van der Waals surface area contributed by atoms with Crippen molar-refractivity contribution in [2.75, 3.05) is 4.72 Å². The minimum Gasteiger partial charge on any atom is -0.262 e. The summed E-state index contributed by atoms with van der Waals surface area (Å²) in [5, 5.41) is -0.0522. The van der Waals surface area contributed by atoms with Gasteiger partial charge in [0.2, 0.25) is 0 Å².